The molecule has 1 aliphatic rings. The number of aromatic nitrogens is 3. The van der Waals surface area contributed by atoms with E-state index in [1.54, 1.807) is 30.3 Å². The van der Waals surface area contributed by atoms with Gasteiger partial charge in [-0.15, -0.1) is 10.2 Å². The number of aliphatic hydroxyl groups is 1. The number of nitrogens with one attached hydrogen (secondary N) is 2. The van der Waals surface area contributed by atoms with Gasteiger partial charge in [-0.2, -0.15) is 9.94 Å². The number of rotatable bonds is 2. The topological polar surface area (TPSA) is 145 Å². The van der Waals surface area contributed by atoms with Gasteiger partial charge in [0, 0.05) is 11.1 Å². The van der Waals surface area contributed by atoms with Crippen molar-refractivity contribution in [2.45, 2.75) is 6.23 Å². The van der Waals surface area contributed by atoms with Gasteiger partial charge in [0.05, 0.1) is 14.6 Å². The predicted molar refractivity (Wildman–Crippen MR) is 113 cm³/mol. The minimum Gasteiger partial charge on any atom is -1.00 e. The molecule has 0 saturated heterocycles. The first kappa shape index (κ1) is 24.0. The molecule has 10 nitrogen and oxygen atoms in total. The number of H-pyrrole nitrogens is 1. The third-order valence-corrected chi connectivity index (χ3v) is 5.31. The van der Waals surface area contributed by atoms with E-state index >= 15 is 0 Å². The number of hydrogen-bond donors (Lipinski definition) is 3. The Morgan fingerprint density at radius 2 is 1.90 bits per heavy atom. The Morgan fingerprint density at radius 3 is 2.58 bits per heavy atom. The fourth-order valence-electron chi connectivity index (χ4n) is 2.77. The van der Waals surface area contributed by atoms with Crippen molar-refractivity contribution in [2.75, 3.05) is 0 Å². The first-order valence-corrected chi connectivity index (χ1v) is 9.89. The average Bonchev–Trinajstić information content (AvgIpc) is 2.72. The summed E-state index contributed by atoms with van der Waals surface area (Å²) in [7, 11) is 0. The largest absolute Gasteiger partial charge is 1.00 e. The summed E-state index contributed by atoms with van der Waals surface area (Å²) in [6.07, 6.45) is -0.949. The third-order valence-electron chi connectivity index (χ3n) is 4.13. The second-order valence-electron chi connectivity index (χ2n) is 6.01. The predicted octanol–water partition coefficient (Wildman–Crippen LogP) is -1.23. The molecule has 152 valence electrons. The number of hydrogen-bond acceptors (Lipinski definition) is 8. The maximum Gasteiger partial charge on any atom is 1.00 e. The second-order valence-corrected chi connectivity index (χ2v) is 7.72. The number of nitriles is 1. The molecule has 0 fully saturated rings. The van der Waals surface area contributed by atoms with E-state index in [-0.39, 0.29) is 64.4 Å². The van der Waals surface area contributed by atoms with Crippen molar-refractivity contribution in [1.29, 1.82) is 5.26 Å². The van der Waals surface area contributed by atoms with E-state index in [2.05, 4.69) is 47.5 Å². The van der Waals surface area contributed by atoms with E-state index in [0.29, 0.717) is 25.8 Å². The van der Waals surface area contributed by atoms with Gasteiger partial charge in [-0.3, -0.25) is 15.2 Å². The van der Waals surface area contributed by atoms with Gasteiger partial charge >= 0.3 is 57.1 Å². The quantitative estimate of drug-likeness (QED) is 0.325. The van der Waals surface area contributed by atoms with Crippen LogP contribution in [0.2, 0.25) is 0 Å². The van der Waals surface area contributed by atoms with Gasteiger partial charge in [-0.05, 0) is 50.1 Å². The number of fused-ring (bicyclic) bond motifs is 1. The molecule has 1 atom stereocenters. The normalized spacial score (nSPS) is 14.4. The van der Waals surface area contributed by atoms with E-state index in [0.717, 1.165) is 4.68 Å². The Labute approximate surface area is 235 Å². The van der Waals surface area contributed by atoms with Crippen LogP contribution in [0.3, 0.4) is 0 Å². The van der Waals surface area contributed by atoms with Crippen molar-refractivity contribution in [3.8, 4) is 17.5 Å². The fourth-order valence-corrected chi connectivity index (χ4v) is 4.09. The van der Waals surface area contributed by atoms with Crippen molar-refractivity contribution < 1.29 is 62.7 Å². The standard InChI is InChI=1S/C18H10Br2N6O4.K.H/c19-11-5-8(26-18(29)22-16(28)13(7-21)25-26)6-12(20)14(11)30-17-10-4-2-1-3-9(10)15(27)23-24-17;;/h1-6,15,23,27H,(H,22,28,29);;/q;+1;-1. The Bertz CT molecular complexity index is 1350. The third kappa shape index (κ3) is 4.76. The molecule has 0 saturated carbocycles. The summed E-state index contributed by atoms with van der Waals surface area (Å²) in [4.78, 5) is 25.7. The van der Waals surface area contributed by atoms with Crippen LogP contribution < -0.4 is 72.8 Å². The fraction of sp³-hybridized carbons (Fsp3) is 0.0556. The van der Waals surface area contributed by atoms with Crippen molar-refractivity contribution in [2.24, 2.45) is 5.10 Å². The minimum absolute atomic E-state index is 0. The van der Waals surface area contributed by atoms with Gasteiger partial charge in [0.15, 0.2) is 12.0 Å². The van der Waals surface area contributed by atoms with Crippen LogP contribution in [0.25, 0.3) is 5.69 Å². The van der Waals surface area contributed by atoms with Crippen LogP contribution >= 0.6 is 31.9 Å². The molecule has 1 unspecified atom stereocenters. The van der Waals surface area contributed by atoms with Crippen LogP contribution in [-0.2, 0) is 0 Å². The number of ether oxygens (including phenoxy) is 1. The molecule has 0 bridgehead atoms. The zero-order valence-electron chi connectivity index (χ0n) is 16.8. The Kier molecular flexibility index (Phi) is 7.66. The Morgan fingerprint density at radius 1 is 1.23 bits per heavy atom. The molecule has 13 heteroatoms. The van der Waals surface area contributed by atoms with Gasteiger partial charge in [0.25, 0.3) is 5.56 Å². The first-order chi connectivity index (χ1) is 14.4. The molecule has 0 spiro atoms. The maximum absolute atomic E-state index is 12.1. The van der Waals surface area contributed by atoms with Crippen LogP contribution in [0, 0.1) is 11.3 Å². The number of aliphatic hydroxyl groups excluding tert-OH is 1. The molecule has 31 heavy (non-hydrogen) atoms. The smallest absolute Gasteiger partial charge is 1.00 e. The van der Waals surface area contributed by atoms with Crippen molar-refractivity contribution >= 4 is 37.8 Å². The molecule has 3 aromatic rings. The first-order valence-electron chi connectivity index (χ1n) is 8.30. The maximum atomic E-state index is 12.1. The van der Waals surface area contributed by atoms with Crippen molar-refractivity contribution in [3.05, 3.63) is 83.0 Å². The number of benzene rings is 2. The summed E-state index contributed by atoms with van der Waals surface area (Å²) in [5.74, 6) is 0.583. The van der Waals surface area contributed by atoms with Gasteiger partial charge in [0.1, 0.15) is 6.07 Å². The summed E-state index contributed by atoms with van der Waals surface area (Å²) < 4.78 is 7.72. The molecule has 0 amide bonds. The molecule has 0 radical (unpaired) electrons. The van der Waals surface area contributed by atoms with Crippen LogP contribution in [0.4, 0.5) is 0 Å². The number of hydrazone groups is 1. The SMILES string of the molecule is N#Cc1nn(-c2cc(Br)c(OC3=NNC(O)c4ccccc43)c(Br)c2)c(=O)[nH]c1=O.[H-].[K+]. The molecular weight excluding hydrogens is 563 g/mol. The zero-order valence-corrected chi connectivity index (χ0v) is 22.1. The summed E-state index contributed by atoms with van der Waals surface area (Å²) in [5, 5.41) is 26.9. The van der Waals surface area contributed by atoms with E-state index in [1.807, 2.05) is 4.98 Å². The van der Waals surface area contributed by atoms with Crippen molar-refractivity contribution in [3.63, 3.8) is 0 Å². The van der Waals surface area contributed by atoms with E-state index in [4.69, 9.17) is 10.00 Å². The number of halogens is 2. The molecule has 1 aliphatic heterocycles. The molecule has 4 rings (SSSR count). The summed E-state index contributed by atoms with van der Waals surface area (Å²) in [6, 6.07) is 11.8. The van der Waals surface area contributed by atoms with Crippen LogP contribution in [0.5, 0.6) is 5.75 Å². The van der Waals surface area contributed by atoms with Crippen LogP contribution in [0.1, 0.15) is 24.5 Å². The van der Waals surface area contributed by atoms with E-state index in [9.17, 15) is 14.7 Å². The van der Waals surface area contributed by atoms with Crippen LogP contribution in [-0.4, -0.2) is 25.8 Å². The summed E-state index contributed by atoms with van der Waals surface area (Å²) in [6.45, 7) is 0. The number of nitrogens with zero attached hydrogens (tertiary/aromatic N) is 4. The van der Waals surface area contributed by atoms with E-state index in [1.165, 1.54) is 12.1 Å². The Balaban J connectivity index is 0.00000181. The molecule has 2 heterocycles. The monoisotopic (exact) mass is 572 g/mol. The van der Waals surface area contributed by atoms with Gasteiger partial charge in [-0.25, -0.2) is 4.79 Å². The Hall–Kier alpha value is -1.63. The van der Waals surface area contributed by atoms with Gasteiger partial charge < -0.3 is 11.3 Å². The summed E-state index contributed by atoms with van der Waals surface area (Å²) >= 11 is 6.78. The molecule has 2 aromatic carbocycles. The minimum atomic E-state index is -0.949. The molecule has 1 aromatic heterocycles. The number of aromatic amines is 1. The summed E-state index contributed by atoms with van der Waals surface area (Å²) in [5.41, 5.74) is 1.98. The van der Waals surface area contributed by atoms with Gasteiger partial charge in [-0.1, -0.05) is 18.2 Å². The molecule has 0 aliphatic carbocycles. The average molecular weight is 574 g/mol. The zero-order chi connectivity index (χ0) is 21.4. The molecule has 3 N–H and O–H groups in total. The van der Waals surface area contributed by atoms with Crippen molar-refractivity contribution in [1.82, 2.24) is 20.2 Å². The van der Waals surface area contributed by atoms with Gasteiger partial charge in [0.2, 0.25) is 11.6 Å². The molecular formula is C18H11Br2KN6O4. The van der Waals surface area contributed by atoms with Crippen LogP contribution in [0.15, 0.2) is 60.0 Å². The van der Waals surface area contributed by atoms with E-state index < -0.39 is 23.2 Å². The second kappa shape index (κ2) is 9.88.